The minimum absolute atomic E-state index is 0.145. The molecule has 12 nitrogen and oxygen atoms in total. The van der Waals surface area contributed by atoms with Crippen LogP contribution in [-0.2, 0) is 14.3 Å². The number of benzene rings is 2. The predicted octanol–water partition coefficient (Wildman–Crippen LogP) is 3.25. The number of methoxy groups -OCH3 is 2. The van der Waals surface area contributed by atoms with E-state index in [9.17, 15) is 19.2 Å². The number of H-pyrrole nitrogens is 2. The number of rotatable bonds is 6. The summed E-state index contributed by atoms with van der Waals surface area (Å²) >= 11 is 0. The molecule has 0 bridgehead atoms. The molecule has 44 heavy (non-hydrogen) atoms. The second-order valence-electron chi connectivity index (χ2n) is 10.4. The third-order valence-electron chi connectivity index (χ3n) is 7.81. The van der Waals surface area contributed by atoms with Crippen LogP contribution in [0, 0.1) is 5.92 Å². The number of ether oxygens (including phenoxy) is 2. The van der Waals surface area contributed by atoms with Gasteiger partial charge < -0.3 is 36.2 Å². The van der Waals surface area contributed by atoms with Crippen LogP contribution in [0.15, 0.2) is 67.3 Å². The van der Waals surface area contributed by atoms with Crippen molar-refractivity contribution in [1.82, 2.24) is 20.3 Å². The molecule has 0 radical (unpaired) electrons. The smallest absolute Gasteiger partial charge is 0.339 e. The zero-order valence-electron chi connectivity index (χ0n) is 24.2. The summed E-state index contributed by atoms with van der Waals surface area (Å²) in [5.74, 6) is -1.54. The van der Waals surface area contributed by atoms with Crippen molar-refractivity contribution in [3.63, 3.8) is 0 Å². The van der Waals surface area contributed by atoms with Crippen LogP contribution in [0.2, 0.25) is 0 Å². The summed E-state index contributed by atoms with van der Waals surface area (Å²) in [5.41, 5.74) is 16.2. The first-order chi connectivity index (χ1) is 21.2. The number of nitrogens with zero attached hydrogens (tertiary/aromatic N) is 1. The molecule has 2 amide bonds. The predicted molar refractivity (Wildman–Crippen MR) is 164 cm³/mol. The lowest BCUT2D eigenvalue weighted by molar-refractivity contribution is -0.146. The Bertz CT molecular complexity index is 1880. The molecule has 0 saturated carbocycles. The van der Waals surface area contributed by atoms with Crippen molar-refractivity contribution in [3.8, 4) is 11.1 Å². The van der Waals surface area contributed by atoms with E-state index in [1.165, 1.54) is 20.4 Å². The maximum atomic E-state index is 11.8. The van der Waals surface area contributed by atoms with Gasteiger partial charge in [0.1, 0.15) is 0 Å². The Morgan fingerprint density at radius 1 is 0.818 bits per heavy atom. The van der Waals surface area contributed by atoms with Crippen LogP contribution in [0.3, 0.4) is 0 Å². The third-order valence-corrected chi connectivity index (χ3v) is 7.81. The van der Waals surface area contributed by atoms with E-state index >= 15 is 0 Å². The van der Waals surface area contributed by atoms with Gasteiger partial charge in [-0.3, -0.25) is 19.4 Å². The topological polar surface area (TPSA) is 195 Å². The summed E-state index contributed by atoms with van der Waals surface area (Å²) in [5, 5.41) is 5.10. The number of pyridine rings is 1. The van der Waals surface area contributed by atoms with Gasteiger partial charge in [0.15, 0.2) is 0 Å². The molecule has 1 fully saturated rings. The zero-order chi connectivity index (χ0) is 31.4. The van der Waals surface area contributed by atoms with Crippen molar-refractivity contribution >= 4 is 45.6 Å². The number of nitrogens with one attached hydrogen (secondary N) is 3. The number of carbonyl (C=O) groups excluding carboxylic acids is 4. The molecular formula is C32H32N6O6. The Morgan fingerprint density at radius 3 is 2.14 bits per heavy atom. The standard InChI is InChI=1S/C16H19N3O3.C16H13N3O3/c2*1-22-16(21)10-6-9(7-18-8-10)11-2-3-13(15(17)20)14-12(11)4-5-19-14/h2-5,9-10,18-19H,6-8H2,1H3,(H2,17,20);2-8,19H,1H3,(H2,17,20). The first-order valence-electron chi connectivity index (χ1n) is 13.8. The van der Waals surface area contributed by atoms with Crippen LogP contribution in [0.5, 0.6) is 0 Å². The fraction of sp³-hybridized carbons (Fsp3) is 0.219. The first-order valence-corrected chi connectivity index (χ1v) is 13.8. The molecule has 4 heterocycles. The molecule has 6 rings (SSSR count). The summed E-state index contributed by atoms with van der Waals surface area (Å²) in [7, 11) is 2.74. The van der Waals surface area contributed by atoms with Gasteiger partial charge in [-0.25, -0.2) is 4.79 Å². The largest absolute Gasteiger partial charge is 0.469 e. The number of hydrogen-bond acceptors (Lipinski definition) is 8. The van der Waals surface area contributed by atoms with Gasteiger partial charge in [-0.15, -0.1) is 0 Å². The highest BCUT2D eigenvalue weighted by atomic mass is 16.5. The maximum absolute atomic E-state index is 11.8. The molecule has 3 aromatic heterocycles. The summed E-state index contributed by atoms with van der Waals surface area (Å²) < 4.78 is 9.55. The molecule has 7 N–H and O–H groups in total. The number of esters is 2. The summed E-state index contributed by atoms with van der Waals surface area (Å²) in [6, 6.07) is 12.6. The van der Waals surface area contributed by atoms with Crippen LogP contribution in [0.1, 0.15) is 49.0 Å². The number of primary amides is 2. The van der Waals surface area contributed by atoms with Gasteiger partial charge in [0.25, 0.3) is 11.8 Å². The highest BCUT2D eigenvalue weighted by Crippen LogP contribution is 2.33. The highest BCUT2D eigenvalue weighted by Gasteiger charge is 2.30. The Labute approximate surface area is 252 Å². The summed E-state index contributed by atoms with van der Waals surface area (Å²) in [6.07, 6.45) is 7.36. The number of hydrogen-bond donors (Lipinski definition) is 5. The van der Waals surface area contributed by atoms with E-state index in [1.807, 2.05) is 18.2 Å². The van der Waals surface area contributed by atoms with E-state index < -0.39 is 17.8 Å². The molecule has 1 aliphatic rings. The molecule has 2 atom stereocenters. The van der Waals surface area contributed by atoms with Gasteiger partial charge in [0.05, 0.1) is 47.9 Å². The van der Waals surface area contributed by atoms with Crippen LogP contribution >= 0.6 is 0 Å². The second-order valence-corrected chi connectivity index (χ2v) is 10.4. The van der Waals surface area contributed by atoms with Gasteiger partial charge >= 0.3 is 11.9 Å². The number of piperidine rings is 1. The molecular weight excluding hydrogens is 564 g/mol. The van der Waals surface area contributed by atoms with Crippen molar-refractivity contribution in [2.45, 2.75) is 12.3 Å². The van der Waals surface area contributed by atoms with E-state index in [-0.39, 0.29) is 17.8 Å². The van der Waals surface area contributed by atoms with E-state index in [1.54, 1.807) is 42.9 Å². The lowest BCUT2D eigenvalue weighted by atomic mass is 9.83. The average molecular weight is 597 g/mol. The average Bonchev–Trinajstić information content (AvgIpc) is 3.74. The maximum Gasteiger partial charge on any atom is 0.339 e. The van der Waals surface area contributed by atoms with Crippen molar-refractivity contribution in [3.05, 3.63) is 89.5 Å². The van der Waals surface area contributed by atoms with Gasteiger partial charge in [-0.2, -0.15) is 0 Å². The summed E-state index contributed by atoms with van der Waals surface area (Å²) in [6.45, 7) is 1.43. The Balaban J connectivity index is 0.000000175. The quantitative estimate of drug-likeness (QED) is 0.184. The Hall–Kier alpha value is -5.49. The lowest BCUT2D eigenvalue weighted by Crippen LogP contribution is -2.39. The van der Waals surface area contributed by atoms with Crippen molar-refractivity contribution in [2.24, 2.45) is 17.4 Å². The second kappa shape index (κ2) is 12.8. The number of fused-ring (bicyclic) bond motifs is 2. The van der Waals surface area contributed by atoms with Gasteiger partial charge in [-0.1, -0.05) is 12.1 Å². The Morgan fingerprint density at radius 2 is 1.48 bits per heavy atom. The van der Waals surface area contributed by atoms with Gasteiger partial charge in [-0.05, 0) is 53.8 Å². The SMILES string of the molecule is COC(=O)C1CNCC(c2ccc(C(N)=O)c3[nH]ccc23)C1.COC(=O)c1cncc(-c2ccc(C(N)=O)c3[nH]ccc23)c1. The minimum atomic E-state index is -0.500. The zero-order valence-corrected chi connectivity index (χ0v) is 24.2. The fourth-order valence-corrected chi connectivity index (χ4v) is 5.70. The normalized spacial score (nSPS) is 16.1. The van der Waals surface area contributed by atoms with E-state index in [0.717, 1.165) is 45.9 Å². The molecule has 226 valence electrons. The molecule has 0 spiro atoms. The Kier molecular flexibility index (Phi) is 8.72. The molecule has 12 heteroatoms. The number of carbonyl (C=O) groups is 4. The molecule has 2 unspecified atom stereocenters. The van der Waals surface area contributed by atoms with E-state index in [0.29, 0.717) is 28.8 Å². The number of nitrogens with two attached hydrogens (primary N) is 2. The van der Waals surface area contributed by atoms with Crippen LogP contribution < -0.4 is 16.8 Å². The minimum Gasteiger partial charge on any atom is -0.469 e. The monoisotopic (exact) mass is 596 g/mol. The number of aromatic amines is 2. The number of amides is 2. The van der Waals surface area contributed by atoms with Gasteiger partial charge in [0, 0.05) is 54.2 Å². The van der Waals surface area contributed by atoms with E-state index in [2.05, 4.69) is 20.3 Å². The van der Waals surface area contributed by atoms with Crippen LogP contribution in [0.4, 0.5) is 0 Å². The highest BCUT2D eigenvalue weighted by molar-refractivity contribution is 6.09. The van der Waals surface area contributed by atoms with E-state index in [4.69, 9.17) is 20.9 Å². The molecule has 1 aliphatic heterocycles. The van der Waals surface area contributed by atoms with Crippen LogP contribution in [0.25, 0.3) is 32.9 Å². The number of aromatic nitrogens is 3. The first kappa shape index (κ1) is 30.0. The van der Waals surface area contributed by atoms with Crippen molar-refractivity contribution in [1.29, 1.82) is 0 Å². The summed E-state index contributed by atoms with van der Waals surface area (Å²) in [4.78, 5) is 56.5. The molecule has 2 aromatic carbocycles. The molecule has 0 aliphatic carbocycles. The lowest BCUT2D eigenvalue weighted by Gasteiger charge is -2.29. The molecule has 5 aromatic rings. The molecule has 1 saturated heterocycles. The van der Waals surface area contributed by atoms with Crippen molar-refractivity contribution < 1.29 is 28.7 Å². The third kappa shape index (κ3) is 5.88. The van der Waals surface area contributed by atoms with Gasteiger partial charge in [0.2, 0.25) is 0 Å². The fourth-order valence-electron chi connectivity index (χ4n) is 5.70. The van der Waals surface area contributed by atoms with Crippen molar-refractivity contribution in [2.75, 3.05) is 27.3 Å². The van der Waals surface area contributed by atoms with Crippen LogP contribution in [-0.4, -0.2) is 66.0 Å².